The Morgan fingerprint density at radius 2 is 2.00 bits per heavy atom. The smallest absolute Gasteiger partial charge is 0.342 e. The number of furan rings is 2. The number of nitrogens with one attached hydrogen (secondary N) is 1. The molecule has 3 aromatic rings. The summed E-state index contributed by atoms with van der Waals surface area (Å²) >= 11 is 0. The summed E-state index contributed by atoms with van der Waals surface area (Å²) in [5.74, 6) is 2.90. The van der Waals surface area contributed by atoms with Crippen LogP contribution in [-0.4, -0.2) is 40.0 Å². The Morgan fingerprint density at radius 1 is 1.19 bits per heavy atom. The number of fused-ring (bicyclic) bond motifs is 1. The lowest BCUT2D eigenvalue weighted by molar-refractivity contribution is 0.0526. The fraction of sp³-hybridized carbons (Fsp3) is 0.542. The number of hydrogen-bond acceptors (Lipinski definition) is 8. The van der Waals surface area contributed by atoms with Gasteiger partial charge in [0.1, 0.15) is 34.5 Å². The molecule has 1 aliphatic rings. The van der Waals surface area contributed by atoms with Crippen LogP contribution in [0, 0.1) is 13.8 Å². The molecule has 1 fully saturated rings. The summed E-state index contributed by atoms with van der Waals surface area (Å²) in [7, 11) is 0. The number of hydrogen-bond donors (Lipinski definition) is 1. The topological polar surface area (TPSA) is 93.6 Å². The molecule has 0 saturated carbocycles. The fourth-order valence-corrected chi connectivity index (χ4v) is 4.50. The van der Waals surface area contributed by atoms with Crippen molar-refractivity contribution in [2.24, 2.45) is 0 Å². The van der Waals surface area contributed by atoms with Crippen LogP contribution in [0.4, 0.5) is 5.82 Å². The molecular formula is C24H32N4O4. The van der Waals surface area contributed by atoms with Crippen molar-refractivity contribution >= 4 is 22.9 Å². The first-order valence-electron chi connectivity index (χ1n) is 11.5. The Morgan fingerprint density at radius 3 is 2.78 bits per heavy atom. The number of likely N-dealkylation sites (tertiary alicyclic amines) is 1. The van der Waals surface area contributed by atoms with Gasteiger partial charge in [0.15, 0.2) is 0 Å². The van der Waals surface area contributed by atoms with E-state index in [2.05, 4.69) is 27.1 Å². The lowest BCUT2D eigenvalue weighted by atomic mass is 10.00. The SMILES string of the molecule is CCOC(=O)c1c(C)oc2nc(C)nc(NCc3ccc(CN4CCCCC4CC)o3)c12. The van der Waals surface area contributed by atoms with Crippen molar-refractivity contribution in [1.82, 2.24) is 14.9 Å². The first-order valence-corrected chi connectivity index (χ1v) is 11.5. The number of rotatable bonds is 8. The van der Waals surface area contributed by atoms with Gasteiger partial charge in [0, 0.05) is 6.04 Å². The highest BCUT2D eigenvalue weighted by Gasteiger charge is 2.25. The van der Waals surface area contributed by atoms with Gasteiger partial charge in [-0.3, -0.25) is 4.90 Å². The molecule has 32 heavy (non-hydrogen) atoms. The molecule has 1 saturated heterocycles. The van der Waals surface area contributed by atoms with Gasteiger partial charge in [0.25, 0.3) is 0 Å². The van der Waals surface area contributed by atoms with Gasteiger partial charge in [-0.2, -0.15) is 4.98 Å². The van der Waals surface area contributed by atoms with Gasteiger partial charge in [0.05, 0.1) is 25.1 Å². The van der Waals surface area contributed by atoms with Gasteiger partial charge in [-0.1, -0.05) is 13.3 Å². The second-order valence-corrected chi connectivity index (χ2v) is 8.30. The van der Waals surface area contributed by atoms with E-state index in [4.69, 9.17) is 13.6 Å². The summed E-state index contributed by atoms with van der Waals surface area (Å²) in [6, 6.07) is 4.68. The van der Waals surface area contributed by atoms with Gasteiger partial charge in [0.2, 0.25) is 5.71 Å². The minimum absolute atomic E-state index is 0.283. The summed E-state index contributed by atoms with van der Waals surface area (Å²) < 4.78 is 17.0. The van der Waals surface area contributed by atoms with Gasteiger partial charge in [-0.25, -0.2) is 9.78 Å². The van der Waals surface area contributed by atoms with E-state index in [1.807, 2.05) is 12.1 Å². The number of aromatic nitrogens is 2. The summed E-state index contributed by atoms with van der Waals surface area (Å²) in [6.07, 6.45) is 5.00. The third-order valence-electron chi connectivity index (χ3n) is 6.05. The van der Waals surface area contributed by atoms with Crippen molar-refractivity contribution in [3.8, 4) is 0 Å². The number of piperidine rings is 1. The van der Waals surface area contributed by atoms with E-state index in [0.717, 1.165) is 24.6 Å². The lowest BCUT2D eigenvalue weighted by Crippen LogP contribution is -2.38. The maximum absolute atomic E-state index is 12.5. The molecule has 0 bridgehead atoms. The normalized spacial score (nSPS) is 17.1. The minimum Gasteiger partial charge on any atom is -0.463 e. The second-order valence-electron chi connectivity index (χ2n) is 8.30. The van der Waals surface area contributed by atoms with E-state index in [1.54, 1.807) is 20.8 Å². The Kier molecular flexibility index (Phi) is 6.79. The van der Waals surface area contributed by atoms with Crippen LogP contribution in [0.1, 0.15) is 73.0 Å². The number of aryl methyl sites for hydroxylation is 2. The standard InChI is InChI=1S/C24H32N4O4/c1-5-17-9-7-8-12-28(17)14-19-11-10-18(32-19)13-25-22-21-20(24(29)30-6-2)15(3)31-23(21)27-16(4)26-22/h10-11,17H,5-9,12-14H2,1-4H3,(H,25,26,27). The molecule has 0 aromatic carbocycles. The van der Waals surface area contributed by atoms with Crippen molar-refractivity contribution in [1.29, 1.82) is 0 Å². The number of nitrogens with zero attached hydrogens (tertiary/aromatic N) is 3. The maximum Gasteiger partial charge on any atom is 0.342 e. The Balaban J connectivity index is 1.51. The molecule has 172 valence electrons. The average Bonchev–Trinajstić information content (AvgIpc) is 3.35. The van der Waals surface area contributed by atoms with Crippen LogP contribution >= 0.6 is 0 Å². The Labute approximate surface area is 188 Å². The fourth-order valence-electron chi connectivity index (χ4n) is 4.50. The van der Waals surface area contributed by atoms with Gasteiger partial charge >= 0.3 is 5.97 Å². The van der Waals surface area contributed by atoms with E-state index in [0.29, 0.717) is 46.7 Å². The molecule has 4 rings (SSSR count). The number of anilines is 1. The summed E-state index contributed by atoms with van der Waals surface area (Å²) in [5, 5.41) is 3.85. The monoisotopic (exact) mass is 440 g/mol. The van der Waals surface area contributed by atoms with Crippen LogP contribution in [0.15, 0.2) is 21.0 Å². The largest absolute Gasteiger partial charge is 0.463 e. The highest BCUT2D eigenvalue weighted by atomic mass is 16.5. The van der Waals surface area contributed by atoms with Gasteiger partial charge in [-0.05, 0) is 58.7 Å². The molecule has 0 radical (unpaired) electrons. The molecular weight excluding hydrogens is 408 g/mol. The highest BCUT2D eigenvalue weighted by molar-refractivity contribution is 6.07. The van der Waals surface area contributed by atoms with E-state index in [9.17, 15) is 4.79 Å². The molecule has 0 amide bonds. The second kappa shape index (κ2) is 9.73. The molecule has 3 aromatic heterocycles. The van der Waals surface area contributed by atoms with Crippen molar-refractivity contribution in [2.45, 2.75) is 72.5 Å². The quantitative estimate of drug-likeness (QED) is 0.490. The van der Waals surface area contributed by atoms with Gasteiger partial charge < -0.3 is 18.9 Å². The molecule has 8 heteroatoms. The van der Waals surface area contributed by atoms with E-state index >= 15 is 0 Å². The number of esters is 1. The summed E-state index contributed by atoms with van der Waals surface area (Å²) in [4.78, 5) is 23.9. The molecule has 4 heterocycles. The highest BCUT2D eigenvalue weighted by Crippen LogP contribution is 2.31. The predicted molar refractivity (Wildman–Crippen MR) is 122 cm³/mol. The van der Waals surface area contributed by atoms with Crippen molar-refractivity contribution in [3.05, 3.63) is 40.8 Å². The zero-order valence-electron chi connectivity index (χ0n) is 19.4. The predicted octanol–water partition coefficient (Wildman–Crippen LogP) is 4.99. The molecule has 1 unspecified atom stereocenters. The third kappa shape index (κ3) is 4.65. The summed E-state index contributed by atoms with van der Waals surface area (Å²) in [5.41, 5.74) is 0.733. The van der Waals surface area contributed by atoms with Crippen LogP contribution in [0.2, 0.25) is 0 Å². The van der Waals surface area contributed by atoms with E-state index < -0.39 is 5.97 Å². The number of carbonyl (C=O) groups is 1. The van der Waals surface area contributed by atoms with Gasteiger partial charge in [-0.15, -0.1) is 0 Å². The van der Waals surface area contributed by atoms with E-state index in [-0.39, 0.29) is 6.61 Å². The molecule has 0 aliphatic carbocycles. The molecule has 0 spiro atoms. The molecule has 8 nitrogen and oxygen atoms in total. The summed E-state index contributed by atoms with van der Waals surface area (Å²) in [6.45, 7) is 10.2. The first kappa shape index (κ1) is 22.3. The van der Waals surface area contributed by atoms with Crippen LogP contribution < -0.4 is 5.32 Å². The Bertz CT molecular complexity index is 1090. The van der Waals surface area contributed by atoms with Crippen LogP contribution in [0.5, 0.6) is 0 Å². The lowest BCUT2D eigenvalue weighted by Gasteiger charge is -2.34. The molecule has 1 aliphatic heterocycles. The average molecular weight is 441 g/mol. The van der Waals surface area contributed by atoms with E-state index in [1.165, 1.54) is 25.7 Å². The zero-order valence-corrected chi connectivity index (χ0v) is 19.4. The molecule has 1 N–H and O–H groups in total. The Hall–Kier alpha value is -2.87. The van der Waals surface area contributed by atoms with Crippen LogP contribution in [-0.2, 0) is 17.8 Å². The number of carbonyl (C=O) groups excluding carboxylic acids is 1. The minimum atomic E-state index is -0.438. The van der Waals surface area contributed by atoms with Crippen LogP contribution in [0.3, 0.4) is 0 Å². The van der Waals surface area contributed by atoms with Crippen molar-refractivity contribution in [3.63, 3.8) is 0 Å². The van der Waals surface area contributed by atoms with Crippen molar-refractivity contribution < 1.29 is 18.4 Å². The number of ether oxygens (including phenoxy) is 1. The zero-order chi connectivity index (χ0) is 22.7. The first-order chi connectivity index (χ1) is 15.5. The third-order valence-corrected chi connectivity index (χ3v) is 6.05. The van der Waals surface area contributed by atoms with Crippen molar-refractivity contribution in [2.75, 3.05) is 18.5 Å². The molecule has 1 atom stereocenters. The maximum atomic E-state index is 12.5. The van der Waals surface area contributed by atoms with Crippen LogP contribution in [0.25, 0.3) is 11.1 Å².